The summed E-state index contributed by atoms with van der Waals surface area (Å²) in [6.07, 6.45) is 0.133. The number of rotatable bonds is 4. The van der Waals surface area contributed by atoms with Crippen molar-refractivity contribution in [3.63, 3.8) is 0 Å². The number of halogens is 2. The predicted octanol–water partition coefficient (Wildman–Crippen LogP) is 3.06. The first-order chi connectivity index (χ1) is 8.54. The van der Waals surface area contributed by atoms with Crippen LogP contribution in [0, 0.1) is 0 Å². The number of aryl methyl sites for hydroxylation is 1. The second kappa shape index (κ2) is 5.37. The maximum Gasteiger partial charge on any atom is 0.303 e. The molecule has 2 rings (SSSR count). The molecule has 1 aromatic heterocycles. The van der Waals surface area contributed by atoms with E-state index in [0.717, 1.165) is 0 Å². The molecule has 0 aliphatic rings. The van der Waals surface area contributed by atoms with Crippen LogP contribution in [0.4, 0.5) is 0 Å². The normalized spacial score (nSPS) is 10.6. The van der Waals surface area contributed by atoms with Crippen LogP contribution >= 0.6 is 23.2 Å². The molecule has 0 saturated carbocycles. The van der Waals surface area contributed by atoms with Crippen LogP contribution in [-0.2, 0) is 11.2 Å². The van der Waals surface area contributed by atoms with Crippen molar-refractivity contribution in [3.8, 4) is 11.5 Å². The predicted molar refractivity (Wildman–Crippen MR) is 65.7 cm³/mol. The summed E-state index contributed by atoms with van der Waals surface area (Å²) in [7, 11) is 0. The summed E-state index contributed by atoms with van der Waals surface area (Å²) in [6, 6.07) is 4.87. The molecule has 0 aliphatic heterocycles. The first-order valence-corrected chi connectivity index (χ1v) is 5.81. The Labute approximate surface area is 112 Å². The Bertz CT molecular complexity index is 563. The Morgan fingerprint density at radius 2 is 1.89 bits per heavy atom. The first kappa shape index (κ1) is 12.9. The number of carbonyl (C=O) groups is 1. The van der Waals surface area contributed by atoms with Gasteiger partial charge in [-0.15, -0.1) is 10.2 Å². The third-order valence-electron chi connectivity index (χ3n) is 2.13. The maximum absolute atomic E-state index is 10.4. The van der Waals surface area contributed by atoms with E-state index in [0.29, 0.717) is 15.6 Å². The topological polar surface area (TPSA) is 76.2 Å². The molecule has 0 amide bonds. The van der Waals surface area contributed by atoms with Gasteiger partial charge >= 0.3 is 5.97 Å². The van der Waals surface area contributed by atoms with Gasteiger partial charge in [-0.1, -0.05) is 23.2 Å². The van der Waals surface area contributed by atoms with Crippen molar-refractivity contribution in [1.82, 2.24) is 10.2 Å². The minimum atomic E-state index is -0.916. The Morgan fingerprint density at radius 1 is 1.22 bits per heavy atom. The van der Waals surface area contributed by atoms with Gasteiger partial charge in [0.05, 0.1) is 6.42 Å². The lowest BCUT2D eigenvalue weighted by molar-refractivity contribution is -0.137. The highest BCUT2D eigenvalue weighted by Crippen LogP contribution is 2.26. The molecule has 0 bridgehead atoms. The summed E-state index contributed by atoms with van der Waals surface area (Å²) in [5.41, 5.74) is 0.599. The van der Waals surface area contributed by atoms with Crippen molar-refractivity contribution in [2.24, 2.45) is 0 Å². The third-order valence-corrected chi connectivity index (χ3v) is 2.57. The Morgan fingerprint density at radius 3 is 2.50 bits per heavy atom. The Balaban J connectivity index is 2.21. The van der Waals surface area contributed by atoms with Crippen LogP contribution < -0.4 is 0 Å². The summed E-state index contributed by atoms with van der Waals surface area (Å²) >= 11 is 11.7. The summed E-state index contributed by atoms with van der Waals surface area (Å²) in [5, 5.41) is 17.0. The molecule has 0 spiro atoms. The fourth-order valence-corrected chi connectivity index (χ4v) is 1.89. The molecule has 0 fully saturated rings. The highest BCUT2D eigenvalue weighted by Gasteiger charge is 2.11. The van der Waals surface area contributed by atoms with Crippen LogP contribution in [0.15, 0.2) is 22.6 Å². The SMILES string of the molecule is O=C(O)CCc1nnc(-c2cc(Cl)cc(Cl)c2)o1. The van der Waals surface area contributed by atoms with E-state index in [1.165, 1.54) is 0 Å². The Kier molecular flexibility index (Phi) is 3.84. The zero-order valence-electron chi connectivity index (χ0n) is 9.06. The van der Waals surface area contributed by atoms with Gasteiger partial charge in [0.15, 0.2) is 0 Å². The Hall–Kier alpha value is -1.59. The monoisotopic (exact) mass is 286 g/mol. The molecule has 18 heavy (non-hydrogen) atoms. The number of carboxylic acids is 1. The number of nitrogens with zero attached hydrogens (tertiary/aromatic N) is 2. The zero-order valence-corrected chi connectivity index (χ0v) is 10.6. The van der Waals surface area contributed by atoms with Gasteiger partial charge in [-0.3, -0.25) is 4.79 Å². The van der Waals surface area contributed by atoms with Gasteiger partial charge in [-0.05, 0) is 18.2 Å². The summed E-state index contributed by atoms with van der Waals surface area (Å²) in [6.45, 7) is 0. The summed E-state index contributed by atoms with van der Waals surface area (Å²) < 4.78 is 5.33. The summed E-state index contributed by atoms with van der Waals surface area (Å²) in [5.74, 6) is -0.385. The lowest BCUT2D eigenvalue weighted by Crippen LogP contribution is -1.97. The molecule has 1 N–H and O–H groups in total. The number of hydrogen-bond donors (Lipinski definition) is 1. The lowest BCUT2D eigenvalue weighted by atomic mass is 10.2. The zero-order chi connectivity index (χ0) is 13.1. The van der Waals surface area contributed by atoms with E-state index in [2.05, 4.69) is 10.2 Å². The number of hydrogen-bond acceptors (Lipinski definition) is 4. The van der Waals surface area contributed by atoms with E-state index in [-0.39, 0.29) is 24.6 Å². The largest absolute Gasteiger partial charge is 0.481 e. The number of aromatic nitrogens is 2. The van der Waals surface area contributed by atoms with Crippen molar-refractivity contribution in [3.05, 3.63) is 34.1 Å². The lowest BCUT2D eigenvalue weighted by Gasteiger charge is -1.97. The fourth-order valence-electron chi connectivity index (χ4n) is 1.36. The van der Waals surface area contributed by atoms with Crippen molar-refractivity contribution in [1.29, 1.82) is 0 Å². The standard InChI is InChI=1S/C11H8Cl2N2O3/c12-7-3-6(4-8(13)5-7)11-15-14-9(18-11)1-2-10(16)17/h3-5H,1-2H2,(H,16,17). The van der Waals surface area contributed by atoms with Gasteiger partial charge in [0.1, 0.15) is 0 Å². The summed E-state index contributed by atoms with van der Waals surface area (Å²) in [4.78, 5) is 10.4. The number of benzene rings is 1. The smallest absolute Gasteiger partial charge is 0.303 e. The van der Waals surface area contributed by atoms with Crippen LogP contribution in [0.2, 0.25) is 10.0 Å². The van der Waals surface area contributed by atoms with Gasteiger partial charge in [0.25, 0.3) is 0 Å². The molecule has 1 aromatic carbocycles. The van der Waals surface area contributed by atoms with Crippen molar-refractivity contribution < 1.29 is 14.3 Å². The second-order valence-corrected chi connectivity index (χ2v) is 4.43. The minimum absolute atomic E-state index is 0.0576. The van der Waals surface area contributed by atoms with Gasteiger partial charge in [0.2, 0.25) is 11.8 Å². The van der Waals surface area contributed by atoms with E-state index in [1.807, 2.05) is 0 Å². The van der Waals surface area contributed by atoms with Gasteiger partial charge < -0.3 is 9.52 Å². The van der Waals surface area contributed by atoms with E-state index in [9.17, 15) is 4.79 Å². The molecule has 0 radical (unpaired) electrons. The van der Waals surface area contributed by atoms with Crippen LogP contribution in [0.5, 0.6) is 0 Å². The number of carboxylic acid groups (broad SMARTS) is 1. The first-order valence-electron chi connectivity index (χ1n) is 5.05. The van der Waals surface area contributed by atoms with Crippen molar-refractivity contribution in [2.75, 3.05) is 0 Å². The van der Waals surface area contributed by atoms with E-state index in [4.69, 9.17) is 32.7 Å². The third kappa shape index (κ3) is 3.21. The second-order valence-electron chi connectivity index (χ2n) is 3.55. The molecule has 5 nitrogen and oxygen atoms in total. The van der Waals surface area contributed by atoms with E-state index in [1.54, 1.807) is 18.2 Å². The fraction of sp³-hybridized carbons (Fsp3) is 0.182. The van der Waals surface area contributed by atoms with Crippen molar-refractivity contribution >= 4 is 29.2 Å². The molecule has 1 heterocycles. The molecule has 0 saturated heterocycles. The molecule has 2 aromatic rings. The van der Waals surface area contributed by atoms with E-state index < -0.39 is 5.97 Å². The van der Waals surface area contributed by atoms with Crippen LogP contribution in [0.25, 0.3) is 11.5 Å². The average Bonchev–Trinajstić information content (AvgIpc) is 2.73. The average molecular weight is 287 g/mol. The van der Waals surface area contributed by atoms with Crippen LogP contribution in [0.3, 0.4) is 0 Å². The minimum Gasteiger partial charge on any atom is -0.481 e. The van der Waals surface area contributed by atoms with Crippen LogP contribution in [-0.4, -0.2) is 21.3 Å². The van der Waals surface area contributed by atoms with Gasteiger partial charge in [-0.25, -0.2) is 0 Å². The molecule has 7 heteroatoms. The maximum atomic E-state index is 10.4. The highest BCUT2D eigenvalue weighted by molar-refractivity contribution is 6.35. The molecule has 0 unspecified atom stereocenters. The van der Waals surface area contributed by atoms with Gasteiger partial charge in [0, 0.05) is 22.0 Å². The van der Waals surface area contributed by atoms with Gasteiger partial charge in [-0.2, -0.15) is 0 Å². The van der Waals surface area contributed by atoms with E-state index >= 15 is 0 Å². The number of aliphatic carboxylic acids is 1. The quantitative estimate of drug-likeness (QED) is 0.935. The molecular formula is C11H8Cl2N2O3. The molecule has 0 aliphatic carbocycles. The van der Waals surface area contributed by atoms with Crippen molar-refractivity contribution in [2.45, 2.75) is 12.8 Å². The molecule has 94 valence electrons. The van der Waals surface area contributed by atoms with Crippen LogP contribution in [0.1, 0.15) is 12.3 Å². The molecular weight excluding hydrogens is 279 g/mol. The highest BCUT2D eigenvalue weighted by atomic mass is 35.5. The molecule has 0 atom stereocenters.